The smallest absolute Gasteiger partial charge is 0.207 e. The van der Waals surface area contributed by atoms with Crippen molar-refractivity contribution in [3.05, 3.63) is 40.9 Å². The molecule has 0 spiro atoms. The molecule has 6 nitrogen and oxygen atoms in total. The molecule has 0 saturated carbocycles. The molecule has 0 bridgehead atoms. The van der Waals surface area contributed by atoms with Crippen LogP contribution in [0.25, 0.3) is 15.5 Å². The zero-order valence-corrected chi connectivity index (χ0v) is 14.3. The van der Waals surface area contributed by atoms with E-state index in [-0.39, 0.29) is 5.82 Å². The van der Waals surface area contributed by atoms with Crippen LogP contribution >= 0.6 is 34.4 Å². The van der Waals surface area contributed by atoms with Gasteiger partial charge in [-0.2, -0.15) is 9.61 Å². The highest BCUT2D eigenvalue weighted by molar-refractivity contribution is 8.00. The average Bonchev–Trinajstić information content (AvgIpc) is 3.21. The van der Waals surface area contributed by atoms with Crippen LogP contribution < -0.4 is 0 Å². The summed E-state index contributed by atoms with van der Waals surface area (Å²) in [6, 6.07) is 6.37. The number of halogens is 1. The molecular weight excluding hydrogens is 355 g/mol. The van der Waals surface area contributed by atoms with E-state index in [2.05, 4.69) is 25.5 Å². The molecule has 23 heavy (non-hydrogen) atoms. The quantitative estimate of drug-likeness (QED) is 0.517. The van der Waals surface area contributed by atoms with Gasteiger partial charge in [0.05, 0.1) is 5.75 Å². The van der Waals surface area contributed by atoms with E-state index in [0.717, 1.165) is 20.7 Å². The normalized spacial score (nSPS) is 11.4. The third-order valence-electron chi connectivity index (χ3n) is 2.96. The minimum Gasteiger partial charge on any atom is -0.207 e. The van der Waals surface area contributed by atoms with Gasteiger partial charge < -0.3 is 0 Å². The first-order chi connectivity index (χ1) is 11.2. The molecular formula is C13H9FN6S3. The summed E-state index contributed by atoms with van der Waals surface area (Å²) in [5.74, 6) is 1.05. The molecule has 4 rings (SSSR count). The summed E-state index contributed by atoms with van der Waals surface area (Å²) < 4.78 is 15.9. The van der Waals surface area contributed by atoms with Crippen molar-refractivity contribution in [1.29, 1.82) is 0 Å². The molecule has 0 atom stereocenters. The van der Waals surface area contributed by atoms with E-state index in [1.807, 2.05) is 13.0 Å². The second kappa shape index (κ2) is 5.95. The monoisotopic (exact) mass is 364 g/mol. The second-order valence-electron chi connectivity index (χ2n) is 4.60. The van der Waals surface area contributed by atoms with Crippen LogP contribution in [0.4, 0.5) is 4.39 Å². The lowest BCUT2D eigenvalue weighted by atomic mass is 10.2. The SMILES string of the molecule is Cc1nnc(SCc2nnc3sc(-c4cccc(F)c4)nn23)s1. The maximum atomic E-state index is 13.4. The van der Waals surface area contributed by atoms with E-state index in [1.165, 1.54) is 23.5 Å². The Morgan fingerprint density at radius 3 is 2.87 bits per heavy atom. The topological polar surface area (TPSA) is 68.9 Å². The largest absolute Gasteiger partial charge is 0.235 e. The van der Waals surface area contributed by atoms with Crippen molar-refractivity contribution in [2.24, 2.45) is 0 Å². The Bertz CT molecular complexity index is 975. The van der Waals surface area contributed by atoms with Crippen LogP contribution in [-0.4, -0.2) is 30.0 Å². The highest BCUT2D eigenvalue weighted by atomic mass is 32.2. The second-order valence-corrected chi connectivity index (χ2v) is 7.96. The van der Waals surface area contributed by atoms with Crippen LogP contribution in [0.5, 0.6) is 0 Å². The third kappa shape index (κ3) is 2.96. The lowest BCUT2D eigenvalue weighted by molar-refractivity contribution is 0.628. The van der Waals surface area contributed by atoms with Crippen LogP contribution in [0.1, 0.15) is 10.8 Å². The van der Waals surface area contributed by atoms with E-state index in [4.69, 9.17) is 0 Å². The van der Waals surface area contributed by atoms with Gasteiger partial charge >= 0.3 is 0 Å². The molecule has 0 radical (unpaired) electrons. The number of aromatic nitrogens is 6. The maximum Gasteiger partial charge on any atom is 0.235 e. The van der Waals surface area contributed by atoms with Gasteiger partial charge in [-0.15, -0.1) is 20.4 Å². The van der Waals surface area contributed by atoms with E-state index in [1.54, 1.807) is 33.7 Å². The molecule has 116 valence electrons. The van der Waals surface area contributed by atoms with Crippen LogP contribution in [-0.2, 0) is 5.75 Å². The van der Waals surface area contributed by atoms with Crippen molar-refractivity contribution in [2.75, 3.05) is 0 Å². The van der Waals surface area contributed by atoms with E-state index in [9.17, 15) is 4.39 Å². The highest BCUT2D eigenvalue weighted by Crippen LogP contribution is 2.28. The predicted octanol–water partition coefficient (Wildman–Crippen LogP) is 3.44. The van der Waals surface area contributed by atoms with Crippen LogP contribution in [0.15, 0.2) is 28.6 Å². The molecule has 4 aromatic rings. The van der Waals surface area contributed by atoms with Crippen LogP contribution in [0, 0.1) is 12.7 Å². The minimum atomic E-state index is -0.282. The lowest BCUT2D eigenvalue weighted by Gasteiger charge is -1.95. The fourth-order valence-corrected chi connectivity index (χ4v) is 4.52. The number of hydrogen-bond acceptors (Lipinski definition) is 8. The number of thioether (sulfide) groups is 1. The molecule has 1 aromatic carbocycles. The fourth-order valence-electron chi connectivity index (χ4n) is 1.95. The summed E-state index contributed by atoms with van der Waals surface area (Å²) in [7, 11) is 0. The number of fused-ring (bicyclic) bond motifs is 1. The van der Waals surface area contributed by atoms with Gasteiger partial charge in [-0.05, 0) is 19.1 Å². The van der Waals surface area contributed by atoms with Crippen LogP contribution in [0.2, 0.25) is 0 Å². The first kappa shape index (κ1) is 14.7. The Balaban J connectivity index is 1.61. The Morgan fingerprint density at radius 1 is 1.17 bits per heavy atom. The summed E-state index contributed by atoms with van der Waals surface area (Å²) in [6.45, 7) is 1.92. The summed E-state index contributed by atoms with van der Waals surface area (Å²) in [5, 5.41) is 22.5. The molecule has 0 fully saturated rings. The average molecular weight is 364 g/mol. The number of benzene rings is 1. The minimum absolute atomic E-state index is 0.282. The predicted molar refractivity (Wildman–Crippen MR) is 88.3 cm³/mol. The number of rotatable bonds is 4. The maximum absolute atomic E-state index is 13.4. The molecule has 3 heterocycles. The Labute approximate surface area is 142 Å². The van der Waals surface area contributed by atoms with Gasteiger partial charge in [0.1, 0.15) is 15.8 Å². The third-order valence-corrected chi connectivity index (χ3v) is 5.88. The number of aryl methyl sites for hydroxylation is 1. The molecule has 10 heteroatoms. The van der Waals surface area contributed by atoms with Crippen molar-refractivity contribution < 1.29 is 4.39 Å². The van der Waals surface area contributed by atoms with E-state index in [0.29, 0.717) is 15.7 Å². The fraction of sp³-hybridized carbons (Fsp3) is 0.154. The first-order valence-corrected chi connectivity index (χ1v) is 9.21. The van der Waals surface area contributed by atoms with Crippen molar-refractivity contribution >= 4 is 39.4 Å². The van der Waals surface area contributed by atoms with Crippen molar-refractivity contribution in [3.63, 3.8) is 0 Å². The van der Waals surface area contributed by atoms with E-state index < -0.39 is 0 Å². The van der Waals surface area contributed by atoms with Gasteiger partial charge in [0, 0.05) is 5.56 Å². The molecule has 0 aliphatic carbocycles. The Kier molecular flexibility index (Phi) is 3.79. The van der Waals surface area contributed by atoms with Gasteiger partial charge in [0.25, 0.3) is 0 Å². The molecule has 0 saturated heterocycles. The van der Waals surface area contributed by atoms with Gasteiger partial charge in [-0.3, -0.25) is 0 Å². The van der Waals surface area contributed by atoms with Crippen molar-refractivity contribution in [1.82, 2.24) is 30.0 Å². The number of nitrogens with zero attached hydrogens (tertiary/aromatic N) is 6. The van der Waals surface area contributed by atoms with Crippen molar-refractivity contribution in [3.8, 4) is 10.6 Å². The number of hydrogen-bond donors (Lipinski definition) is 0. The van der Waals surface area contributed by atoms with Gasteiger partial charge in [0.2, 0.25) is 4.96 Å². The van der Waals surface area contributed by atoms with Gasteiger partial charge in [-0.25, -0.2) is 4.39 Å². The molecule has 0 N–H and O–H groups in total. The summed E-state index contributed by atoms with van der Waals surface area (Å²) in [6.07, 6.45) is 0. The highest BCUT2D eigenvalue weighted by Gasteiger charge is 2.14. The molecule has 0 amide bonds. The molecule has 0 unspecified atom stereocenters. The first-order valence-electron chi connectivity index (χ1n) is 6.59. The molecule has 0 aliphatic heterocycles. The Hall–Kier alpha value is -1.91. The lowest BCUT2D eigenvalue weighted by Crippen LogP contribution is -1.94. The van der Waals surface area contributed by atoms with Crippen molar-refractivity contribution in [2.45, 2.75) is 17.0 Å². The molecule has 0 aliphatic rings. The molecule has 3 aromatic heterocycles. The van der Waals surface area contributed by atoms with Gasteiger partial charge in [0.15, 0.2) is 10.2 Å². The summed E-state index contributed by atoms with van der Waals surface area (Å²) in [5.41, 5.74) is 0.735. The zero-order valence-electron chi connectivity index (χ0n) is 11.8. The summed E-state index contributed by atoms with van der Waals surface area (Å²) in [4.78, 5) is 0.688. The van der Waals surface area contributed by atoms with Crippen LogP contribution in [0.3, 0.4) is 0 Å². The standard InChI is InChI=1S/C13H9FN6S3/c1-7-15-18-13(22-7)21-6-10-16-17-12-20(10)19-11(23-12)8-3-2-4-9(14)5-8/h2-5H,6H2,1H3. The zero-order chi connectivity index (χ0) is 15.8. The van der Waals surface area contributed by atoms with E-state index >= 15 is 0 Å². The summed E-state index contributed by atoms with van der Waals surface area (Å²) >= 11 is 4.47. The van der Waals surface area contributed by atoms with Gasteiger partial charge in [-0.1, -0.05) is 46.6 Å². The Morgan fingerprint density at radius 2 is 2.09 bits per heavy atom.